The summed E-state index contributed by atoms with van der Waals surface area (Å²) < 4.78 is 51.6. The van der Waals surface area contributed by atoms with Crippen LogP contribution < -0.4 is 10.0 Å². The van der Waals surface area contributed by atoms with Crippen LogP contribution in [0.4, 0.5) is 9.52 Å². The van der Waals surface area contributed by atoms with Gasteiger partial charge in [-0.1, -0.05) is 28.6 Å². The van der Waals surface area contributed by atoms with Crippen molar-refractivity contribution in [1.82, 2.24) is 9.71 Å². The van der Waals surface area contributed by atoms with Gasteiger partial charge in [-0.05, 0) is 31.9 Å². The van der Waals surface area contributed by atoms with Crippen LogP contribution in [0, 0.1) is 5.13 Å². The molecular formula is C20H25FN4O6S2. The molecule has 180 valence electrons. The highest BCUT2D eigenvalue weighted by Crippen LogP contribution is 2.18. The van der Waals surface area contributed by atoms with E-state index in [9.17, 15) is 17.6 Å². The standard InChI is InChI=1S/C20H25FN4O6S2/c1-13(12-29-2)31-24-18(19(26)23-20-22-11-17(21)32-20)14-3-5-16(6-4-14)33(27,28)25-15-7-9-30-10-8-15/h3-6,11,13,15,25H,7-10,12H2,1-2H3,(H,22,23,26)/b24-18+/t13-/m1/s1. The first-order valence-electron chi connectivity index (χ1n) is 10.1. The van der Waals surface area contributed by atoms with Gasteiger partial charge in [-0.25, -0.2) is 18.1 Å². The number of ether oxygens (including phenoxy) is 2. The van der Waals surface area contributed by atoms with Crippen molar-refractivity contribution in [2.75, 3.05) is 32.2 Å². The van der Waals surface area contributed by atoms with Crippen LogP contribution in [-0.4, -0.2) is 64.1 Å². The number of nitrogens with zero attached hydrogens (tertiary/aromatic N) is 2. The monoisotopic (exact) mass is 500 g/mol. The molecule has 1 amide bonds. The van der Waals surface area contributed by atoms with Crippen LogP contribution >= 0.6 is 11.3 Å². The summed E-state index contributed by atoms with van der Waals surface area (Å²) in [5.41, 5.74) is 0.175. The third-order valence-corrected chi connectivity index (χ3v) is 6.86. The van der Waals surface area contributed by atoms with Crippen LogP contribution in [0.25, 0.3) is 0 Å². The van der Waals surface area contributed by atoms with E-state index in [-0.39, 0.29) is 28.4 Å². The van der Waals surface area contributed by atoms with Crippen molar-refractivity contribution in [3.05, 3.63) is 41.2 Å². The molecule has 1 aliphatic rings. The maximum atomic E-state index is 13.2. The average Bonchev–Trinajstić information content (AvgIpc) is 3.19. The number of aromatic nitrogens is 1. The van der Waals surface area contributed by atoms with Crippen molar-refractivity contribution in [2.24, 2.45) is 5.16 Å². The Balaban J connectivity index is 1.80. The van der Waals surface area contributed by atoms with Crippen LogP contribution in [0.1, 0.15) is 25.3 Å². The van der Waals surface area contributed by atoms with Crippen LogP contribution in [0.2, 0.25) is 0 Å². The first-order valence-corrected chi connectivity index (χ1v) is 12.4. The SMILES string of the molecule is COC[C@@H](C)O/N=C(/C(=O)Nc1ncc(F)s1)c1ccc(S(=O)(=O)NC2CCOCC2)cc1. The minimum Gasteiger partial charge on any atom is -0.390 e. The predicted octanol–water partition coefficient (Wildman–Crippen LogP) is 2.13. The molecule has 33 heavy (non-hydrogen) atoms. The Morgan fingerprint density at radius 1 is 1.33 bits per heavy atom. The summed E-state index contributed by atoms with van der Waals surface area (Å²) in [4.78, 5) is 21.9. The Hall–Kier alpha value is -2.45. The fourth-order valence-corrected chi connectivity index (χ4v) is 4.84. The van der Waals surface area contributed by atoms with Crippen molar-refractivity contribution >= 4 is 38.1 Å². The van der Waals surface area contributed by atoms with E-state index in [1.165, 1.54) is 31.4 Å². The molecule has 1 atom stereocenters. The van der Waals surface area contributed by atoms with Gasteiger partial charge in [0.15, 0.2) is 16.0 Å². The Morgan fingerprint density at radius 2 is 2.03 bits per heavy atom. The number of sulfonamides is 1. The lowest BCUT2D eigenvalue weighted by Crippen LogP contribution is -2.38. The molecule has 2 aromatic rings. The smallest absolute Gasteiger partial charge is 0.280 e. The number of benzene rings is 1. The molecule has 1 aromatic carbocycles. The fourth-order valence-electron chi connectivity index (χ4n) is 3.00. The number of carbonyl (C=O) groups excluding carboxylic acids is 1. The third-order valence-electron chi connectivity index (χ3n) is 4.62. The largest absolute Gasteiger partial charge is 0.390 e. The van der Waals surface area contributed by atoms with Gasteiger partial charge in [-0.3, -0.25) is 10.1 Å². The molecule has 10 nitrogen and oxygen atoms in total. The van der Waals surface area contributed by atoms with E-state index in [0.717, 1.165) is 6.20 Å². The second-order valence-electron chi connectivity index (χ2n) is 7.27. The molecular weight excluding hydrogens is 475 g/mol. The van der Waals surface area contributed by atoms with E-state index in [1.54, 1.807) is 6.92 Å². The van der Waals surface area contributed by atoms with Crippen LogP contribution in [0.15, 0.2) is 40.5 Å². The number of nitrogens with one attached hydrogen (secondary N) is 2. The summed E-state index contributed by atoms with van der Waals surface area (Å²) in [7, 11) is -2.24. The van der Waals surface area contributed by atoms with E-state index in [1.807, 2.05) is 0 Å². The Morgan fingerprint density at radius 3 is 2.64 bits per heavy atom. The molecule has 1 aliphatic heterocycles. The molecule has 13 heteroatoms. The second kappa shape index (κ2) is 11.6. The lowest BCUT2D eigenvalue weighted by Gasteiger charge is -2.23. The molecule has 1 fully saturated rings. The zero-order valence-corrected chi connectivity index (χ0v) is 19.7. The van der Waals surface area contributed by atoms with E-state index in [0.29, 0.717) is 43.0 Å². The van der Waals surface area contributed by atoms with E-state index in [4.69, 9.17) is 14.3 Å². The molecule has 0 radical (unpaired) electrons. The minimum absolute atomic E-state index is 0.0492. The van der Waals surface area contributed by atoms with Crippen molar-refractivity contribution in [1.29, 1.82) is 0 Å². The Bertz CT molecular complexity index is 1070. The van der Waals surface area contributed by atoms with Crippen molar-refractivity contribution in [3.8, 4) is 0 Å². The van der Waals surface area contributed by atoms with Crippen molar-refractivity contribution < 1.29 is 31.9 Å². The third kappa shape index (κ3) is 7.27. The topological polar surface area (TPSA) is 128 Å². The lowest BCUT2D eigenvalue weighted by atomic mass is 10.1. The second-order valence-corrected chi connectivity index (χ2v) is 9.96. The molecule has 2 heterocycles. The maximum absolute atomic E-state index is 13.2. The van der Waals surface area contributed by atoms with Gasteiger partial charge in [0.25, 0.3) is 5.91 Å². The van der Waals surface area contributed by atoms with Gasteiger partial charge in [-0.2, -0.15) is 4.39 Å². The summed E-state index contributed by atoms with van der Waals surface area (Å²) in [5, 5.41) is 5.89. The lowest BCUT2D eigenvalue weighted by molar-refractivity contribution is -0.110. The normalized spacial score (nSPS) is 16.4. The van der Waals surface area contributed by atoms with Gasteiger partial charge < -0.3 is 14.3 Å². The van der Waals surface area contributed by atoms with Crippen LogP contribution in [0.5, 0.6) is 0 Å². The highest BCUT2D eigenvalue weighted by atomic mass is 32.2. The number of rotatable bonds is 10. The summed E-state index contributed by atoms with van der Waals surface area (Å²) in [5.74, 6) is -0.690. The van der Waals surface area contributed by atoms with Crippen LogP contribution in [-0.2, 0) is 29.1 Å². The Labute approximate surface area is 195 Å². The number of anilines is 1. The number of thiazole rings is 1. The van der Waals surface area contributed by atoms with Gasteiger partial charge in [0, 0.05) is 31.9 Å². The molecule has 0 spiro atoms. The Kier molecular flexibility index (Phi) is 8.86. The van der Waals surface area contributed by atoms with Crippen molar-refractivity contribution in [2.45, 2.75) is 36.8 Å². The average molecular weight is 501 g/mol. The number of hydrogen-bond donors (Lipinski definition) is 2. The highest BCUT2D eigenvalue weighted by molar-refractivity contribution is 7.89. The number of methoxy groups -OCH3 is 1. The fraction of sp³-hybridized carbons (Fsp3) is 0.450. The predicted molar refractivity (Wildman–Crippen MR) is 120 cm³/mol. The minimum atomic E-state index is -3.75. The van der Waals surface area contributed by atoms with Crippen molar-refractivity contribution in [3.63, 3.8) is 0 Å². The summed E-state index contributed by atoms with van der Waals surface area (Å²) in [6.07, 6.45) is 1.74. The molecule has 1 aromatic heterocycles. The van der Waals surface area contributed by atoms with Gasteiger partial charge in [0.1, 0.15) is 6.10 Å². The molecule has 1 saturated heterocycles. The van der Waals surface area contributed by atoms with Gasteiger partial charge in [-0.15, -0.1) is 0 Å². The molecule has 3 rings (SSSR count). The zero-order chi connectivity index (χ0) is 23.8. The first kappa shape index (κ1) is 25.2. The van der Waals surface area contributed by atoms with E-state index in [2.05, 4.69) is 20.2 Å². The molecule has 2 N–H and O–H groups in total. The quantitative estimate of drug-likeness (QED) is 0.378. The highest BCUT2D eigenvalue weighted by Gasteiger charge is 2.23. The van der Waals surface area contributed by atoms with Gasteiger partial charge >= 0.3 is 0 Å². The zero-order valence-electron chi connectivity index (χ0n) is 18.1. The molecule has 0 unspecified atom stereocenters. The number of carbonyl (C=O) groups is 1. The number of halogens is 1. The molecule has 0 aliphatic carbocycles. The van der Waals surface area contributed by atoms with Crippen LogP contribution in [0.3, 0.4) is 0 Å². The summed E-state index contributed by atoms with van der Waals surface area (Å²) in [6.45, 7) is 2.96. The maximum Gasteiger partial charge on any atom is 0.280 e. The first-order chi connectivity index (χ1) is 15.8. The molecule has 0 bridgehead atoms. The van der Waals surface area contributed by atoms with Gasteiger partial charge in [0.05, 0.1) is 17.7 Å². The number of amides is 1. The summed E-state index contributed by atoms with van der Waals surface area (Å²) in [6, 6.07) is 5.46. The molecule has 0 saturated carbocycles. The number of hydrogen-bond acceptors (Lipinski definition) is 9. The van der Waals surface area contributed by atoms with E-state index >= 15 is 0 Å². The number of oxime groups is 1. The van der Waals surface area contributed by atoms with E-state index < -0.39 is 27.2 Å². The summed E-state index contributed by atoms with van der Waals surface area (Å²) >= 11 is 0.661. The van der Waals surface area contributed by atoms with Gasteiger partial charge in [0.2, 0.25) is 10.0 Å².